The topological polar surface area (TPSA) is 74.4 Å². The van der Waals surface area contributed by atoms with Crippen molar-refractivity contribution in [3.05, 3.63) is 59.9 Å². The van der Waals surface area contributed by atoms with Crippen molar-refractivity contribution in [3.8, 4) is 16.9 Å². The summed E-state index contributed by atoms with van der Waals surface area (Å²) in [6, 6.07) is 8.32. The van der Waals surface area contributed by atoms with Crippen LogP contribution in [0.15, 0.2) is 49.3 Å². The average Bonchev–Trinajstić information content (AvgIpc) is 3.24. The fourth-order valence-corrected chi connectivity index (χ4v) is 5.55. The number of aromatic amines is 1. The number of nitrogens with one attached hydrogen (secondary N) is 1. The lowest BCUT2D eigenvalue weighted by atomic mass is 9.95. The van der Waals surface area contributed by atoms with Crippen molar-refractivity contribution in [2.75, 3.05) is 31.1 Å². The van der Waals surface area contributed by atoms with E-state index in [4.69, 9.17) is 21.3 Å². The van der Waals surface area contributed by atoms with Crippen LogP contribution in [0.5, 0.6) is 5.75 Å². The molecule has 1 fully saturated rings. The van der Waals surface area contributed by atoms with Gasteiger partial charge in [0.25, 0.3) is 0 Å². The molecule has 6 rings (SSSR count). The predicted molar refractivity (Wildman–Crippen MR) is 135 cm³/mol. The number of carbonyl (C=O) groups excluding carboxylic acids is 1. The number of H-pyrrole nitrogens is 1. The van der Waals surface area contributed by atoms with Crippen molar-refractivity contribution < 1.29 is 9.53 Å². The van der Waals surface area contributed by atoms with Crippen LogP contribution < -0.4 is 9.64 Å². The van der Waals surface area contributed by atoms with E-state index in [9.17, 15) is 4.79 Å². The molecule has 0 radical (unpaired) electrons. The van der Waals surface area contributed by atoms with Crippen LogP contribution in [0.25, 0.3) is 32.9 Å². The lowest BCUT2D eigenvalue weighted by Gasteiger charge is -2.41. The minimum atomic E-state index is -0.0268. The number of pyridine rings is 1. The third kappa shape index (κ3) is 3.22. The van der Waals surface area contributed by atoms with Gasteiger partial charge in [-0.25, -0.2) is 0 Å². The first kappa shape index (κ1) is 21.0. The molecule has 2 aromatic heterocycles. The number of nitrogens with zero attached hydrogens (tertiary/aromatic N) is 4. The largest absolute Gasteiger partial charge is 0.490 e. The zero-order chi connectivity index (χ0) is 23.4. The van der Waals surface area contributed by atoms with Gasteiger partial charge in [0.15, 0.2) is 5.75 Å². The van der Waals surface area contributed by atoms with Crippen molar-refractivity contribution in [1.82, 2.24) is 20.1 Å². The van der Waals surface area contributed by atoms with Crippen molar-refractivity contribution >= 4 is 45.0 Å². The SMILES string of the molecule is C=CC(=O)N1CCN2c3c(cnc4cc(-c5c(C)ccc6[nH]ncc56)c(Cl)cc34)OCC[C@@H]2C1. The summed E-state index contributed by atoms with van der Waals surface area (Å²) in [5, 5.41) is 9.90. The quantitative estimate of drug-likeness (QED) is 0.426. The zero-order valence-electron chi connectivity index (χ0n) is 18.8. The minimum absolute atomic E-state index is 0.0268. The number of aromatic nitrogens is 3. The van der Waals surface area contributed by atoms with Gasteiger partial charge in [0, 0.05) is 47.4 Å². The van der Waals surface area contributed by atoms with Gasteiger partial charge in [-0.3, -0.25) is 14.9 Å². The summed E-state index contributed by atoms with van der Waals surface area (Å²) in [6.45, 7) is 8.29. The maximum absolute atomic E-state index is 12.2. The molecule has 7 nitrogen and oxygen atoms in total. The number of amides is 1. The van der Waals surface area contributed by atoms with Crippen molar-refractivity contribution in [1.29, 1.82) is 0 Å². The molecule has 172 valence electrons. The molecule has 0 saturated carbocycles. The Kier molecular flexibility index (Phi) is 4.95. The molecule has 2 aliphatic heterocycles. The van der Waals surface area contributed by atoms with E-state index < -0.39 is 0 Å². The van der Waals surface area contributed by atoms with Gasteiger partial charge in [-0.05, 0) is 42.3 Å². The number of aryl methyl sites for hydroxylation is 1. The minimum Gasteiger partial charge on any atom is -0.490 e. The Labute approximate surface area is 202 Å². The lowest BCUT2D eigenvalue weighted by Crippen LogP contribution is -2.54. The maximum Gasteiger partial charge on any atom is 0.246 e. The Morgan fingerprint density at radius 3 is 3.00 bits per heavy atom. The van der Waals surface area contributed by atoms with Crippen LogP contribution in [-0.2, 0) is 4.79 Å². The first-order valence-corrected chi connectivity index (χ1v) is 11.8. The van der Waals surface area contributed by atoms with Gasteiger partial charge < -0.3 is 14.5 Å². The van der Waals surface area contributed by atoms with Crippen molar-refractivity contribution in [2.45, 2.75) is 19.4 Å². The molecule has 0 bridgehead atoms. The number of halogens is 1. The highest BCUT2D eigenvalue weighted by Gasteiger charge is 2.34. The second-order valence-corrected chi connectivity index (χ2v) is 9.29. The number of anilines is 1. The van der Waals surface area contributed by atoms with Gasteiger partial charge in [0.05, 0.1) is 41.8 Å². The highest BCUT2D eigenvalue weighted by molar-refractivity contribution is 6.35. The smallest absolute Gasteiger partial charge is 0.246 e. The summed E-state index contributed by atoms with van der Waals surface area (Å²) in [5.74, 6) is 0.733. The maximum atomic E-state index is 12.2. The number of ether oxygens (including phenoxy) is 1. The van der Waals surface area contributed by atoms with Gasteiger partial charge >= 0.3 is 0 Å². The van der Waals surface area contributed by atoms with Gasteiger partial charge in [-0.1, -0.05) is 24.2 Å². The Hall–Kier alpha value is -3.58. The molecule has 4 aromatic rings. The van der Waals surface area contributed by atoms with Crippen LogP contribution in [-0.4, -0.2) is 58.3 Å². The Balaban J connectivity index is 1.50. The molecule has 2 aromatic carbocycles. The van der Waals surface area contributed by atoms with E-state index in [0.717, 1.165) is 56.4 Å². The van der Waals surface area contributed by atoms with Crippen LogP contribution >= 0.6 is 11.6 Å². The van der Waals surface area contributed by atoms with Crippen LogP contribution in [0.3, 0.4) is 0 Å². The van der Waals surface area contributed by atoms with Crippen LogP contribution in [0.1, 0.15) is 12.0 Å². The number of fused-ring (bicyclic) bond motifs is 6. The Morgan fingerprint density at radius 2 is 2.15 bits per heavy atom. The normalized spacial score (nSPS) is 17.8. The molecule has 0 unspecified atom stereocenters. The molecule has 1 atom stereocenters. The number of hydrogen-bond acceptors (Lipinski definition) is 5. The fraction of sp³-hybridized carbons (Fsp3) is 0.269. The summed E-state index contributed by atoms with van der Waals surface area (Å²) in [6.07, 6.45) is 5.86. The van der Waals surface area contributed by atoms with Gasteiger partial charge in [0.2, 0.25) is 5.91 Å². The Bertz CT molecular complexity index is 1460. The monoisotopic (exact) mass is 473 g/mol. The molecule has 2 aliphatic rings. The zero-order valence-corrected chi connectivity index (χ0v) is 19.6. The number of piperazine rings is 1. The molecule has 4 heterocycles. The number of carbonyl (C=O) groups is 1. The van der Waals surface area contributed by atoms with E-state index in [-0.39, 0.29) is 11.9 Å². The summed E-state index contributed by atoms with van der Waals surface area (Å²) < 4.78 is 6.11. The van der Waals surface area contributed by atoms with Crippen molar-refractivity contribution in [3.63, 3.8) is 0 Å². The van der Waals surface area contributed by atoms with Crippen LogP contribution in [0.4, 0.5) is 5.69 Å². The number of benzene rings is 2. The summed E-state index contributed by atoms with van der Waals surface area (Å²) in [4.78, 5) is 21.2. The van der Waals surface area contributed by atoms with E-state index in [1.54, 1.807) is 0 Å². The van der Waals surface area contributed by atoms with Crippen LogP contribution in [0.2, 0.25) is 5.02 Å². The first-order chi connectivity index (χ1) is 16.5. The molecule has 1 N–H and O–H groups in total. The van der Waals surface area contributed by atoms with E-state index >= 15 is 0 Å². The van der Waals surface area contributed by atoms with Crippen LogP contribution in [0, 0.1) is 6.92 Å². The van der Waals surface area contributed by atoms with Crippen molar-refractivity contribution in [2.24, 2.45) is 0 Å². The fourth-order valence-electron chi connectivity index (χ4n) is 5.29. The van der Waals surface area contributed by atoms with Gasteiger partial charge in [-0.2, -0.15) is 5.10 Å². The van der Waals surface area contributed by atoms with E-state index in [1.165, 1.54) is 6.08 Å². The average molecular weight is 474 g/mol. The molecular weight excluding hydrogens is 450 g/mol. The highest BCUT2D eigenvalue weighted by atomic mass is 35.5. The number of rotatable bonds is 2. The van der Waals surface area contributed by atoms with E-state index in [0.29, 0.717) is 31.3 Å². The highest BCUT2D eigenvalue weighted by Crippen LogP contribution is 2.44. The van der Waals surface area contributed by atoms with Gasteiger partial charge in [0.1, 0.15) is 0 Å². The molecule has 34 heavy (non-hydrogen) atoms. The second-order valence-electron chi connectivity index (χ2n) is 8.88. The van der Waals surface area contributed by atoms with Gasteiger partial charge in [-0.15, -0.1) is 0 Å². The third-order valence-electron chi connectivity index (χ3n) is 6.96. The van der Waals surface area contributed by atoms with E-state index in [2.05, 4.69) is 40.7 Å². The summed E-state index contributed by atoms with van der Waals surface area (Å²) >= 11 is 6.94. The molecule has 1 amide bonds. The summed E-state index contributed by atoms with van der Waals surface area (Å²) in [7, 11) is 0. The molecule has 1 saturated heterocycles. The molecular formula is C26H24ClN5O2. The lowest BCUT2D eigenvalue weighted by molar-refractivity contribution is -0.126. The predicted octanol–water partition coefficient (Wildman–Crippen LogP) is 4.73. The standard InChI is InChI=1S/C26H24ClN5O2/c1-3-24(33)31-7-8-32-16(14-31)6-9-34-23-13-28-22-11-17(20(27)10-18(22)26(23)32)25-15(2)4-5-21-19(25)12-29-30-21/h3-5,10-13,16H,1,6-9,14H2,2H3,(H,29,30)/t16-/m1/s1. The summed E-state index contributed by atoms with van der Waals surface area (Å²) in [5.41, 5.74) is 5.93. The first-order valence-electron chi connectivity index (χ1n) is 11.4. The third-order valence-corrected chi connectivity index (χ3v) is 7.27. The second kappa shape index (κ2) is 8.02. The number of hydrogen-bond donors (Lipinski definition) is 1. The molecule has 0 aliphatic carbocycles. The molecule has 0 spiro atoms. The molecule has 8 heteroatoms. The van der Waals surface area contributed by atoms with E-state index in [1.807, 2.05) is 29.4 Å². The Morgan fingerprint density at radius 1 is 1.26 bits per heavy atom.